The molecule has 0 aliphatic rings. The Bertz CT molecular complexity index is 495. The summed E-state index contributed by atoms with van der Waals surface area (Å²) in [5.74, 6) is 0.400. The molecule has 0 bridgehead atoms. The molecular weight excluding hydrogens is 217 g/mol. The van der Waals surface area contributed by atoms with Crippen molar-refractivity contribution in [2.45, 2.75) is 13.0 Å². The molecule has 0 aliphatic carbocycles. The van der Waals surface area contributed by atoms with Crippen LogP contribution in [0, 0.1) is 5.82 Å². The van der Waals surface area contributed by atoms with Crippen molar-refractivity contribution < 1.29 is 8.81 Å². The second kappa shape index (κ2) is 3.83. The molecule has 0 radical (unpaired) electrons. The van der Waals surface area contributed by atoms with Crippen LogP contribution in [0.25, 0.3) is 11.0 Å². The van der Waals surface area contributed by atoms with Crippen LogP contribution in [-0.2, 0) is 0 Å². The Kier molecular flexibility index (Phi) is 2.67. The van der Waals surface area contributed by atoms with Gasteiger partial charge in [-0.1, -0.05) is 11.6 Å². The standard InChI is InChI=1S/C11H11ClFNO/c1-6(14-2)10-4-7-3-8(13)5-9(12)11(7)15-10/h3-6,14H,1-2H3. The van der Waals surface area contributed by atoms with E-state index in [4.69, 9.17) is 16.0 Å². The van der Waals surface area contributed by atoms with Crippen molar-refractivity contribution in [1.29, 1.82) is 0 Å². The summed E-state index contributed by atoms with van der Waals surface area (Å²) < 4.78 is 18.6. The van der Waals surface area contributed by atoms with E-state index in [1.807, 2.05) is 14.0 Å². The third kappa shape index (κ3) is 1.85. The van der Waals surface area contributed by atoms with E-state index >= 15 is 0 Å². The molecule has 2 aromatic rings. The van der Waals surface area contributed by atoms with E-state index in [1.165, 1.54) is 12.1 Å². The maximum Gasteiger partial charge on any atom is 0.153 e. The summed E-state index contributed by atoms with van der Waals surface area (Å²) in [7, 11) is 1.83. The first-order valence-electron chi connectivity index (χ1n) is 4.67. The van der Waals surface area contributed by atoms with Crippen molar-refractivity contribution in [2.75, 3.05) is 7.05 Å². The number of halogens is 2. The number of hydrogen-bond acceptors (Lipinski definition) is 2. The van der Waals surface area contributed by atoms with Crippen LogP contribution in [0.2, 0.25) is 5.02 Å². The summed E-state index contributed by atoms with van der Waals surface area (Å²) in [4.78, 5) is 0. The predicted molar refractivity (Wildman–Crippen MR) is 58.7 cm³/mol. The molecule has 1 N–H and O–H groups in total. The van der Waals surface area contributed by atoms with Crippen LogP contribution in [0.4, 0.5) is 4.39 Å². The lowest BCUT2D eigenvalue weighted by Crippen LogP contribution is -2.10. The average Bonchev–Trinajstić information content (AvgIpc) is 2.60. The van der Waals surface area contributed by atoms with Crippen LogP contribution in [0.5, 0.6) is 0 Å². The fraction of sp³-hybridized carbons (Fsp3) is 0.273. The summed E-state index contributed by atoms with van der Waals surface area (Å²) in [6.45, 7) is 1.96. The number of rotatable bonds is 2. The SMILES string of the molecule is CNC(C)c1cc2cc(F)cc(Cl)c2o1. The summed E-state index contributed by atoms with van der Waals surface area (Å²) in [6, 6.07) is 4.54. The highest BCUT2D eigenvalue weighted by Gasteiger charge is 2.12. The van der Waals surface area contributed by atoms with Crippen LogP contribution < -0.4 is 5.32 Å². The number of hydrogen-bond donors (Lipinski definition) is 1. The molecule has 80 valence electrons. The van der Waals surface area contributed by atoms with Crippen molar-refractivity contribution >= 4 is 22.6 Å². The van der Waals surface area contributed by atoms with Gasteiger partial charge in [-0.3, -0.25) is 0 Å². The Morgan fingerprint density at radius 3 is 2.80 bits per heavy atom. The Morgan fingerprint density at radius 1 is 1.40 bits per heavy atom. The number of furan rings is 1. The molecule has 4 heteroatoms. The van der Waals surface area contributed by atoms with Gasteiger partial charge >= 0.3 is 0 Å². The zero-order valence-electron chi connectivity index (χ0n) is 8.47. The molecule has 2 rings (SSSR count). The van der Waals surface area contributed by atoms with Gasteiger partial charge in [-0.25, -0.2) is 4.39 Å². The third-order valence-electron chi connectivity index (χ3n) is 2.41. The summed E-state index contributed by atoms with van der Waals surface area (Å²) in [6.07, 6.45) is 0. The molecule has 0 amide bonds. The lowest BCUT2D eigenvalue weighted by molar-refractivity contribution is 0.475. The molecule has 0 fully saturated rings. The minimum absolute atomic E-state index is 0.0801. The predicted octanol–water partition coefficient (Wildman–Crippen LogP) is 3.51. The van der Waals surface area contributed by atoms with Gasteiger partial charge < -0.3 is 9.73 Å². The molecule has 15 heavy (non-hydrogen) atoms. The van der Waals surface area contributed by atoms with E-state index < -0.39 is 0 Å². The van der Waals surface area contributed by atoms with Gasteiger partial charge in [0.05, 0.1) is 11.1 Å². The first kappa shape index (κ1) is 10.5. The van der Waals surface area contributed by atoms with Crippen LogP contribution in [0.3, 0.4) is 0 Å². The van der Waals surface area contributed by atoms with E-state index in [0.717, 1.165) is 5.76 Å². The van der Waals surface area contributed by atoms with Crippen LogP contribution in [0.15, 0.2) is 22.6 Å². The Hall–Kier alpha value is -1.06. The molecule has 2 nitrogen and oxygen atoms in total. The maximum atomic E-state index is 13.0. The maximum absolute atomic E-state index is 13.0. The van der Waals surface area contributed by atoms with E-state index in [9.17, 15) is 4.39 Å². The summed E-state index contributed by atoms with van der Waals surface area (Å²) in [5, 5.41) is 4.04. The van der Waals surface area contributed by atoms with Crippen molar-refractivity contribution in [3.8, 4) is 0 Å². The second-order valence-corrected chi connectivity index (χ2v) is 3.87. The second-order valence-electron chi connectivity index (χ2n) is 3.47. The van der Waals surface area contributed by atoms with Gasteiger partial charge in [0.2, 0.25) is 0 Å². The first-order valence-corrected chi connectivity index (χ1v) is 5.05. The Balaban J connectivity index is 2.60. The van der Waals surface area contributed by atoms with Crippen molar-refractivity contribution in [1.82, 2.24) is 5.32 Å². The molecule has 0 saturated carbocycles. The fourth-order valence-electron chi connectivity index (χ4n) is 1.45. The minimum Gasteiger partial charge on any atom is -0.458 e. The van der Waals surface area contributed by atoms with Gasteiger partial charge in [0.15, 0.2) is 5.58 Å². The largest absolute Gasteiger partial charge is 0.458 e. The highest BCUT2D eigenvalue weighted by molar-refractivity contribution is 6.34. The number of benzene rings is 1. The number of nitrogens with one attached hydrogen (secondary N) is 1. The molecular formula is C11H11ClFNO. The molecule has 1 heterocycles. The van der Waals surface area contributed by atoms with E-state index in [-0.39, 0.29) is 11.9 Å². The fourth-order valence-corrected chi connectivity index (χ4v) is 1.70. The van der Waals surface area contributed by atoms with Crippen LogP contribution in [-0.4, -0.2) is 7.05 Å². The third-order valence-corrected chi connectivity index (χ3v) is 2.70. The highest BCUT2D eigenvalue weighted by atomic mass is 35.5. The van der Waals surface area contributed by atoms with Crippen molar-refractivity contribution in [3.63, 3.8) is 0 Å². The van der Waals surface area contributed by atoms with E-state index in [1.54, 1.807) is 6.07 Å². The van der Waals surface area contributed by atoms with E-state index in [2.05, 4.69) is 5.32 Å². The quantitative estimate of drug-likeness (QED) is 0.850. The lowest BCUT2D eigenvalue weighted by Gasteiger charge is -2.04. The number of fused-ring (bicyclic) bond motifs is 1. The van der Waals surface area contributed by atoms with Gasteiger partial charge in [0.1, 0.15) is 11.6 Å². The van der Waals surface area contributed by atoms with Crippen molar-refractivity contribution in [2.24, 2.45) is 0 Å². The molecule has 0 saturated heterocycles. The van der Waals surface area contributed by atoms with E-state index in [0.29, 0.717) is 16.0 Å². The molecule has 1 unspecified atom stereocenters. The Labute approximate surface area is 92.0 Å². The highest BCUT2D eigenvalue weighted by Crippen LogP contribution is 2.30. The van der Waals surface area contributed by atoms with Gasteiger partial charge in [0, 0.05) is 5.39 Å². The molecule has 0 spiro atoms. The van der Waals surface area contributed by atoms with Gasteiger partial charge in [-0.2, -0.15) is 0 Å². The average molecular weight is 228 g/mol. The molecule has 0 aliphatic heterocycles. The monoisotopic (exact) mass is 227 g/mol. The lowest BCUT2D eigenvalue weighted by atomic mass is 10.2. The normalized spacial score (nSPS) is 13.3. The van der Waals surface area contributed by atoms with Crippen molar-refractivity contribution in [3.05, 3.63) is 34.8 Å². The molecule has 1 aromatic heterocycles. The van der Waals surface area contributed by atoms with Crippen LogP contribution >= 0.6 is 11.6 Å². The van der Waals surface area contributed by atoms with Gasteiger partial charge in [-0.05, 0) is 32.2 Å². The van der Waals surface area contributed by atoms with Gasteiger partial charge in [0.25, 0.3) is 0 Å². The molecule has 1 atom stereocenters. The zero-order chi connectivity index (χ0) is 11.0. The topological polar surface area (TPSA) is 25.2 Å². The summed E-state index contributed by atoms with van der Waals surface area (Å²) in [5.41, 5.74) is 0.537. The smallest absolute Gasteiger partial charge is 0.153 e. The molecule has 1 aromatic carbocycles. The Morgan fingerprint density at radius 2 is 2.13 bits per heavy atom. The zero-order valence-corrected chi connectivity index (χ0v) is 9.23. The van der Waals surface area contributed by atoms with Crippen LogP contribution in [0.1, 0.15) is 18.7 Å². The summed E-state index contributed by atoms with van der Waals surface area (Å²) >= 11 is 5.87. The van der Waals surface area contributed by atoms with Gasteiger partial charge in [-0.15, -0.1) is 0 Å². The first-order chi connectivity index (χ1) is 7.11. The minimum atomic E-state index is -0.350.